The number of anilines is 1. The number of methoxy groups -OCH3 is 1. The van der Waals surface area contributed by atoms with Gasteiger partial charge in [-0.15, -0.1) is 0 Å². The lowest BCUT2D eigenvalue weighted by molar-refractivity contribution is -0.130. The highest BCUT2D eigenvalue weighted by atomic mass is 32.2. The molecular weight excluding hydrogens is 468 g/mol. The van der Waals surface area contributed by atoms with Crippen molar-refractivity contribution in [2.45, 2.75) is 49.6 Å². The largest absolute Gasteiger partial charge is 0.497 e. The zero-order chi connectivity index (χ0) is 24.7. The minimum absolute atomic E-state index is 0.0676. The number of carbonyl (C=O) groups excluding carboxylic acids is 1. The molecule has 2 atom stereocenters. The van der Waals surface area contributed by atoms with Crippen LogP contribution in [0.3, 0.4) is 0 Å². The maximum atomic E-state index is 13.3. The van der Waals surface area contributed by atoms with Crippen LogP contribution in [0, 0.1) is 5.92 Å². The van der Waals surface area contributed by atoms with Gasteiger partial charge in [-0.2, -0.15) is 0 Å². The fourth-order valence-corrected chi connectivity index (χ4v) is 6.92. The molecule has 0 saturated carbocycles. The molecule has 1 N–H and O–H groups in total. The molecular formula is C25H32N4O5S. The van der Waals surface area contributed by atoms with Gasteiger partial charge in [0.2, 0.25) is 5.91 Å². The molecule has 0 radical (unpaired) electrons. The summed E-state index contributed by atoms with van der Waals surface area (Å²) in [5, 5.41) is 0. The molecule has 0 aliphatic carbocycles. The van der Waals surface area contributed by atoms with Crippen molar-refractivity contribution in [3.8, 4) is 5.75 Å². The van der Waals surface area contributed by atoms with Crippen molar-refractivity contribution in [1.82, 2.24) is 14.4 Å². The summed E-state index contributed by atoms with van der Waals surface area (Å²) in [5.74, 6) is 1.29. The van der Waals surface area contributed by atoms with Crippen LogP contribution in [0.25, 0.3) is 0 Å². The third-order valence-electron chi connectivity index (χ3n) is 7.67. The van der Waals surface area contributed by atoms with E-state index in [9.17, 15) is 18.0 Å². The first-order chi connectivity index (χ1) is 16.7. The molecule has 10 heteroatoms. The van der Waals surface area contributed by atoms with Gasteiger partial charge in [-0.25, -0.2) is 8.42 Å². The molecule has 2 unspecified atom stereocenters. The first kappa shape index (κ1) is 23.9. The number of hydrogen-bond acceptors (Lipinski definition) is 6. The monoisotopic (exact) mass is 500 g/mol. The average Bonchev–Trinajstić information content (AvgIpc) is 2.86. The number of likely N-dealkylation sites (tertiary alicyclic amines) is 2. The first-order valence-corrected chi connectivity index (χ1v) is 13.6. The highest BCUT2D eigenvalue weighted by Crippen LogP contribution is 2.37. The van der Waals surface area contributed by atoms with Crippen LogP contribution in [0.2, 0.25) is 0 Å². The zero-order valence-electron chi connectivity index (χ0n) is 20.1. The molecule has 0 spiro atoms. The lowest BCUT2D eigenvalue weighted by Crippen LogP contribution is -2.53. The summed E-state index contributed by atoms with van der Waals surface area (Å²) in [5.41, 5.74) is 0.750. The molecule has 3 aliphatic rings. The SMILES string of the molecule is COc1ccc(S(=O)(=O)Nc2ccc3n(c2=O)CC2CC3CN(C3CCN(C(C)=O)CC3)C2)cc1. The number of aromatic nitrogens is 1. The van der Waals surface area contributed by atoms with Crippen molar-refractivity contribution in [3.05, 3.63) is 52.4 Å². The predicted molar refractivity (Wildman–Crippen MR) is 132 cm³/mol. The third-order valence-corrected chi connectivity index (χ3v) is 9.05. The van der Waals surface area contributed by atoms with E-state index in [-0.39, 0.29) is 28.0 Å². The Kier molecular flexibility index (Phi) is 6.35. The van der Waals surface area contributed by atoms with Gasteiger partial charge in [-0.1, -0.05) is 0 Å². The van der Waals surface area contributed by atoms with E-state index < -0.39 is 10.0 Å². The first-order valence-electron chi connectivity index (χ1n) is 12.2. The van der Waals surface area contributed by atoms with Crippen molar-refractivity contribution < 1.29 is 17.9 Å². The summed E-state index contributed by atoms with van der Waals surface area (Å²) < 4.78 is 35.1. The molecule has 5 rings (SSSR count). The van der Waals surface area contributed by atoms with E-state index in [1.807, 2.05) is 11.0 Å². The standard InChI is InChI=1S/C25H32N4O5S/c1-17(30)27-11-9-20(10-12-27)28-14-18-13-19(16-28)24-8-7-23(25(31)29(24)15-18)26-35(32,33)22-5-3-21(34-2)4-6-22/h3-8,18-20,26H,9-16H2,1-2H3. The molecule has 2 bridgehead atoms. The minimum Gasteiger partial charge on any atom is -0.497 e. The summed E-state index contributed by atoms with van der Waals surface area (Å²) in [4.78, 5) is 29.5. The Morgan fingerprint density at radius 2 is 1.74 bits per heavy atom. The summed E-state index contributed by atoms with van der Waals surface area (Å²) in [6.45, 7) is 5.64. The Morgan fingerprint density at radius 3 is 2.40 bits per heavy atom. The molecule has 1 aromatic heterocycles. The van der Waals surface area contributed by atoms with Gasteiger partial charge in [-0.3, -0.25) is 19.2 Å². The number of sulfonamides is 1. The third kappa shape index (κ3) is 4.69. The quantitative estimate of drug-likeness (QED) is 0.675. The Balaban J connectivity index is 1.33. The molecule has 9 nitrogen and oxygen atoms in total. The average molecular weight is 501 g/mol. The lowest BCUT2D eigenvalue weighted by Gasteiger charge is -2.47. The fourth-order valence-electron chi connectivity index (χ4n) is 5.86. The highest BCUT2D eigenvalue weighted by molar-refractivity contribution is 7.92. The summed E-state index contributed by atoms with van der Waals surface area (Å²) >= 11 is 0. The van der Waals surface area contributed by atoms with E-state index >= 15 is 0 Å². The number of nitrogens with zero attached hydrogens (tertiary/aromatic N) is 3. The van der Waals surface area contributed by atoms with Crippen molar-refractivity contribution in [3.63, 3.8) is 0 Å². The van der Waals surface area contributed by atoms with E-state index in [0.29, 0.717) is 24.3 Å². The molecule has 2 fully saturated rings. The fraction of sp³-hybridized carbons (Fsp3) is 0.520. The highest BCUT2D eigenvalue weighted by Gasteiger charge is 2.38. The van der Waals surface area contributed by atoms with Gasteiger partial charge in [0.25, 0.3) is 15.6 Å². The van der Waals surface area contributed by atoms with E-state index in [1.165, 1.54) is 19.2 Å². The number of carbonyl (C=O) groups is 1. The van der Waals surface area contributed by atoms with E-state index in [1.54, 1.807) is 29.7 Å². The Morgan fingerprint density at radius 1 is 1.03 bits per heavy atom. The molecule has 2 saturated heterocycles. The van der Waals surface area contributed by atoms with Gasteiger partial charge in [0.05, 0.1) is 12.0 Å². The van der Waals surface area contributed by atoms with Crippen LogP contribution in [0.5, 0.6) is 5.75 Å². The summed E-state index contributed by atoms with van der Waals surface area (Å²) in [6, 6.07) is 10.0. The molecule has 1 aromatic carbocycles. The number of hydrogen-bond donors (Lipinski definition) is 1. The normalized spacial score (nSPS) is 23.0. The second-order valence-electron chi connectivity index (χ2n) is 9.86. The molecule has 4 heterocycles. The molecule has 35 heavy (non-hydrogen) atoms. The maximum absolute atomic E-state index is 13.3. The smallest absolute Gasteiger partial charge is 0.275 e. The van der Waals surface area contributed by atoms with Crippen LogP contribution in [0.1, 0.15) is 37.8 Å². The van der Waals surface area contributed by atoms with Gasteiger partial charge in [0, 0.05) is 57.3 Å². The number of amides is 1. The van der Waals surface area contributed by atoms with Crippen molar-refractivity contribution >= 4 is 21.6 Å². The van der Waals surface area contributed by atoms with Crippen molar-refractivity contribution in [2.75, 3.05) is 38.0 Å². The number of fused-ring (bicyclic) bond motifs is 4. The van der Waals surface area contributed by atoms with Crippen LogP contribution < -0.4 is 15.0 Å². The number of nitrogens with one attached hydrogen (secondary N) is 1. The molecule has 3 aliphatic heterocycles. The summed E-state index contributed by atoms with van der Waals surface area (Å²) in [6.07, 6.45) is 3.01. The van der Waals surface area contributed by atoms with E-state index in [2.05, 4.69) is 9.62 Å². The lowest BCUT2D eigenvalue weighted by atomic mass is 9.82. The van der Waals surface area contributed by atoms with Gasteiger partial charge in [0.15, 0.2) is 0 Å². The second kappa shape index (κ2) is 9.31. The van der Waals surface area contributed by atoms with Crippen LogP contribution in [-0.4, -0.2) is 68.0 Å². The van der Waals surface area contributed by atoms with Gasteiger partial charge in [0.1, 0.15) is 11.4 Å². The van der Waals surface area contributed by atoms with Gasteiger partial charge < -0.3 is 14.2 Å². The zero-order valence-corrected chi connectivity index (χ0v) is 21.0. The Labute approximate surface area is 205 Å². The number of benzene rings is 1. The molecule has 188 valence electrons. The minimum atomic E-state index is -3.90. The number of pyridine rings is 1. The number of piperidine rings is 2. The Bertz CT molecular complexity index is 1270. The van der Waals surface area contributed by atoms with Crippen molar-refractivity contribution in [1.29, 1.82) is 0 Å². The number of rotatable bonds is 5. The van der Waals surface area contributed by atoms with Crippen LogP contribution in [-0.2, 0) is 21.4 Å². The van der Waals surface area contributed by atoms with Gasteiger partial charge >= 0.3 is 0 Å². The van der Waals surface area contributed by atoms with Gasteiger partial charge in [-0.05, 0) is 61.6 Å². The number of ether oxygens (including phenoxy) is 1. The predicted octanol–water partition coefficient (Wildman–Crippen LogP) is 2.09. The summed E-state index contributed by atoms with van der Waals surface area (Å²) in [7, 11) is -2.38. The molecule has 2 aromatic rings. The molecule has 1 amide bonds. The maximum Gasteiger partial charge on any atom is 0.275 e. The van der Waals surface area contributed by atoms with E-state index in [0.717, 1.165) is 51.1 Å². The second-order valence-corrected chi connectivity index (χ2v) is 11.5. The Hall–Kier alpha value is -2.85. The van der Waals surface area contributed by atoms with Crippen molar-refractivity contribution in [2.24, 2.45) is 5.92 Å². The van der Waals surface area contributed by atoms with Crippen LogP contribution in [0.4, 0.5) is 5.69 Å². The van der Waals surface area contributed by atoms with Crippen LogP contribution in [0.15, 0.2) is 46.1 Å². The topological polar surface area (TPSA) is 101 Å². The van der Waals surface area contributed by atoms with E-state index in [4.69, 9.17) is 4.74 Å². The van der Waals surface area contributed by atoms with Crippen LogP contribution >= 0.6 is 0 Å².